The van der Waals surface area contributed by atoms with Gasteiger partial charge < -0.3 is 20.5 Å². The number of hydrogen-bond acceptors (Lipinski definition) is 8. The molecule has 0 radical (unpaired) electrons. The Labute approximate surface area is 169 Å². The highest BCUT2D eigenvalue weighted by molar-refractivity contribution is 5.37. The monoisotopic (exact) mass is 395 g/mol. The fourth-order valence-electron chi connectivity index (χ4n) is 3.36. The molecule has 0 atom stereocenters. The minimum absolute atomic E-state index is 0.157. The second-order valence-corrected chi connectivity index (χ2v) is 7.22. The van der Waals surface area contributed by atoms with Crippen LogP contribution in [0.5, 0.6) is 5.75 Å². The largest absolute Gasteiger partial charge is 0.497 e. The SMILES string of the molecule is COc1ccc(C2(NCCc3cn(Cc4cnc(C)nc4N)nn3)COC2)cc1. The number of aromatic nitrogens is 5. The number of aryl methyl sites for hydroxylation is 1. The second kappa shape index (κ2) is 8.14. The third kappa shape index (κ3) is 4.20. The Morgan fingerprint density at radius 1 is 1.28 bits per heavy atom. The number of methoxy groups -OCH3 is 1. The minimum Gasteiger partial charge on any atom is -0.497 e. The molecular weight excluding hydrogens is 370 g/mol. The lowest BCUT2D eigenvalue weighted by molar-refractivity contribution is -0.0782. The van der Waals surface area contributed by atoms with E-state index < -0.39 is 0 Å². The van der Waals surface area contributed by atoms with Crippen LogP contribution in [0, 0.1) is 6.92 Å². The van der Waals surface area contributed by atoms with E-state index in [1.54, 1.807) is 18.0 Å². The van der Waals surface area contributed by atoms with E-state index in [-0.39, 0.29) is 5.54 Å². The van der Waals surface area contributed by atoms with Gasteiger partial charge in [0.15, 0.2) is 0 Å². The number of ether oxygens (including phenoxy) is 2. The fraction of sp³-hybridized carbons (Fsp3) is 0.400. The molecule has 0 aliphatic carbocycles. The number of nitrogens with one attached hydrogen (secondary N) is 1. The van der Waals surface area contributed by atoms with Crippen LogP contribution >= 0.6 is 0 Å². The smallest absolute Gasteiger partial charge is 0.132 e. The first-order valence-electron chi connectivity index (χ1n) is 9.52. The molecule has 2 aromatic heterocycles. The summed E-state index contributed by atoms with van der Waals surface area (Å²) in [5, 5.41) is 12.1. The molecule has 0 saturated carbocycles. The molecule has 1 aliphatic heterocycles. The number of rotatable bonds is 8. The Morgan fingerprint density at radius 2 is 2.07 bits per heavy atom. The maximum atomic E-state index is 5.96. The van der Waals surface area contributed by atoms with Crippen molar-refractivity contribution in [3.63, 3.8) is 0 Å². The molecular formula is C20H25N7O2. The summed E-state index contributed by atoms with van der Waals surface area (Å²) in [7, 11) is 1.67. The Hall–Kier alpha value is -3.04. The minimum atomic E-state index is -0.157. The van der Waals surface area contributed by atoms with Crippen molar-refractivity contribution in [3.8, 4) is 5.75 Å². The summed E-state index contributed by atoms with van der Waals surface area (Å²) in [6.45, 7) is 4.38. The van der Waals surface area contributed by atoms with Crippen molar-refractivity contribution in [2.24, 2.45) is 0 Å². The normalized spacial score (nSPS) is 15.1. The molecule has 3 heterocycles. The summed E-state index contributed by atoms with van der Waals surface area (Å²) in [4.78, 5) is 8.38. The molecule has 1 aromatic carbocycles. The average Bonchev–Trinajstić information content (AvgIpc) is 3.14. The van der Waals surface area contributed by atoms with Crippen LogP contribution in [0.15, 0.2) is 36.7 Å². The van der Waals surface area contributed by atoms with Crippen LogP contribution in [-0.2, 0) is 23.2 Å². The predicted octanol–water partition coefficient (Wildman–Crippen LogP) is 1.07. The van der Waals surface area contributed by atoms with Crippen molar-refractivity contribution < 1.29 is 9.47 Å². The van der Waals surface area contributed by atoms with E-state index >= 15 is 0 Å². The predicted molar refractivity (Wildman–Crippen MR) is 108 cm³/mol. The van der Waals surface area contributed by atoms with E-state index in [0.29, 0.717) is 31.4 Å². The van der Waals surface area contributed by atoms with Gasteiger partial charge in [0.1, 0.15) is 17.4 Å². The van der Waals surface area contributed by atoms with Crippen LogP contribution in [0.1, 0.15) is 22.6 Å². The molecule has 152 valence electrons. The number of benzene rings is 1. The lowest BCUT2D eigenvalue weighted by Crippen LogP contribution is -2.57. The molecule has 9 nitrogen and oxygen atoms in total. The van der Waals surface area contributed by atoms with Gasteiger partial charge in [-0.1, -0.05) is 17.3 Å². The molecule has 0 spiro atoms. The van der Waals surface area contributed by atoms with Crippen LogP contribution in [0.25, 0.3) is 0 Å². The van der Waals surface area contributed by atoms with E-state index in [2.05, 4.69) is 37.7 Å². The Morgan fingerprint density at radius 3 is 2.72 bits per heavy atom. The van der Waals surface area contributed by atoms with Crippen molar-refractivity contribution in [1.29, 1.82) is 0 Å². The van der Waals surface area contributed by atoms with Gasteiger partial charge in [-0.3, -0.25) is 0 Å². The van der Waals surface area contributed by atoms with Crippen molar-refractivity contribution in [2.45, 2.75) is 25.4 Å². The first-order valence-corrected chi connectivity index (χ1v) is 9.52. The molecule has 0 bridgehead atoms. The first kappa shape index (κ1) is 19.3. The summed E-state index contributed by atoms with van der Waals surface area (Å²) < 4.78 is 12.5. The van der Waals surface area contributed by atoms with Gasteiger partial charge in [-0.2, -0.15) is 0 Å². The van der Waals surface area contributed by atoms with Gasteiger partial charge in [0.25, 0.3) is 0 Å². The number of hydrogen-bond donors (Lipinski definition) is 2. The Balaban J connectivity index is 1.34. The molecule has 0 amide bonds. The van der Waals surface area contributed by atoms with E-state index in [9.17, 15) is 0 Å². The lowest BCUT2D eigenvalue weighted by Gasteiger charge is -2.43. The molecule has 3 N–H and O–H groups in total. The lowest BCUT2D eigenvalue weighted by atomic mass is 9.87. The van der Waals surface area contributed by atoms with E-state index in [0.717, 1.165) is 30.0 Å². The summed E-state index contributed by atoms with van der Waals surface area (Å²) in [5.74, 6) is 1.98. The molecule has 4 rings (SSSR count). The van der Waals surface area contributed by atoms with Gasteiger partial charge in [0.05, 0.1) is 38.1 Å². The van der Waals surface area contributed by atoms with Crippen molar-refractivity contribution >= 4 is 5.82 Å². The standard InChI is InChI=1S/C20H25N7O2/c1-14-22-9-15(19(21)24-14)10-27-11-17(25-26-27)7-8-23-20(12-29-13-20)16-3-5-18(28-2)6-4-16/h3-6,9,11,23H,7-8,10,12-13H2,1-2H3,(H2,21,22,24). The third-order valence-electron chi connectivity index (χ3n) is 5.12. The van der Waals surface area contributed by atoms with Crippen LogP contribution in [0.4, 0.5) is 5.82 Å². The second-order valence-electron chi connectivity index (χ2n) is 7.22. The summed E-state index contributed by atoms with van der Waals surface area (Å²) >= 11 is 0. The molecule has 1 fully saturated rings. The van der Waals surface area contributed by atoms with Crippen LogP contribution in [0.3, 0.4) is 0 Å². The molecule has 1 aliphatic rings. The van der Waals surface area contributed by atoms with Gasteiger partial charge in [-0.25, -0.2) is 14.6 Å². The maximum absolute atomic E-state index is 5.96. The Bertz CT molecular complexity index is 967. The highest BCUT2D eigenvalue weighted by Crippen LogP contribution is 2.30. The number of nitrogens with zero attached hydrogens (tertiary/aromatic N) is 5. The Kier molecular flexibility index (Phi) is 5.41. The molecule has 3 aromatic rings. The van der Waals surface area contributed by atoms with Crippen molar-refractivity contribution in [3.05, 3.63) is 59.3 Å². The zero-order chi connectivity index (χ0) is 20.3. The first-order chi connectivity index (χ1) is 14.1. The van der Waals surface area contributed by atoms with Crippen molar-refractivity contribution in [2.75, 3.05) is 32.6 Å². The van der Waals surface area contributed by atoms with Gasteiger partial charge >= 0.3 is 0 Å². The number of anilines is 1. The van der Waals surface area contributed by atoms with Gasteiger partial charge in [-0.05, 0) is 24.6 Å². The van der Waals surface area contributed by atoms with Gasteiger partial charge in [0.2, 0.25) is 0 Å². The van der Waals surface area contributed by atoms with Gasteiger partial charge in [0, 0.05) is 30.9 Å². The van der Waals surface area contributed by atoms with Crippen LogP contribution in [-0.4, -0.2) is 51.8 Å². The maximum Gasteiger partial charge on any atom is 0.132 e. The molecule has 0 unspecified atom stereocenters. The topological polar surface area (TPSA) is 113 Å². The van der Waals surface area contributed by atoms with Crippen LogP contribution in [0.2, 0.25) is 0 Å². The van der Waals surface area contributed by atoms with Crippen LogP contribution < -0.4 is 15.8 Å². The molecule has 1 saturated heterocycles. The zero-order valence-corrected chi connectivity index (χ0v) is 16.6. The zero-order valence-electron chi connectivity index (χ0n) is 16.6. The van der Waals surface area contributed by atoms with E-state index in [1.807, 2.05) is 25.3 Å². The summed E-state index contributed by atoms with van der Waals surface area (Å²) in [5.41, 5.74) is 8.74. The molecule has 9 heteroatoms. The fourth-order valence-corrected chi connectivity index (χ4v) is 3.36. The van der Waals surface area contributed by atoms with E-state index in [4.69, 9.17) is 15.2 Å². The molecule has 29 heavy (non-hydrogen) atoms. The number of nitrogen functional groups attached to an aromatic ring is 1. The number of nitrogens with two attached hydrogens (primary N) is 1. The summed E-state index contributed by atoms with van der Waals surface area (Å²) in [6, 6.07) is 8.11. The average molecular weight is 395 g/mol. The van der Waals surface area contributed by atoms with Crippen molar-refractivity contribution in [1.82, 2.24) is 30.3 Å². The highest BCUT2D eigenvalue weighted by Gasteiger charge is 2.39. The summed E-state index contributed by atoms with van der Waals surface area (Å²) in [6.07, 6.45) is 4.42. The quantitative estimate of drug-likeness (QED) is 0.582. The highest BCUT2D eigenvalue weighted by atomic mass is 16.5. The van der Waals surface area contributed by atoms with Gasteiger partial charge in [-0.15, -0.1) is 5.10 Å². The third-order valence-corrected chi connectivity index (χ3v) is 5.12. The van der Waals surface area contributed by atoms with E-state index in [1.165, 1.54) is 5.56 Å².